The second kappa shape index (κ2) is 4.11. The van der Waals surface area contributed by atoms with Crippen LogP contribution in [0.3, 0.4) is 0 Å². The van der Waals surface area contributed by atoms with E-state index in [0.29, 0.717) is 12.0 Å². The third-order valence-electron chi connectivity index (χ3n) is 1.81. The highest BCUT2D eigenvalue weighted by molar-refractivity contribution is 5.84. The summed E-state index contributed by atoms with van der Waals surface area (Å²) in [6, 6.07) is 0.484. The molecule has 1 fully saturated rings. The molecule has 0 unspecified atom stereocenters. The third-order valence-corrected chi connectivity index (χ3v) is 1.81. The van der Waals surface area contributed by atoms with Gasteiger partial charge in [-0.05, 0) is 12.8 Å². The fourth-order valence-corrected chi connectivity index (χ4v) is 0.777. The van der Waals surface area contributed by atoms with Gasteiger partial charge in [0.1, 0.15) is 6.54 Å². The van der Waals surface area contributed by atoms with Crippen LogP contribution in [-0.4, -0.2) is 43.4 Å². The maximum atomic E-state index is 11.1. The Kier molecular flexibility index (Phi) is 3.11. The third kappa shape index (κ3) is 3.78. The quantitative estimate of drug-likeness (QED) is 0.443. The molecule has 74 valence electrons. The normalized spacial score (nSPS) is 16.9. The molecule has 0 bridgehead atoms. The van der Waals surface area contributed by atoms with E-state index in [0.717, 1.165) is 12.8 Å². The molecule has 1 aliphatic carbocycles. The summed E-state index contributed by atoms with van der Waals surface area (Å²) in [4.78, 5) is 16.5. The van der Waals surface area contributed by atoms with E-state index in [-0.39, 0.29) is 12.5 Å². The van der Waals surface area contributed by atoms with Gasteiger partial charge in [-0.25, -0.2) is 4.99 Å². The minimum absolute atomic E-state index is 0.0412. The standard InChI is InChI=1S/C8H16N4O/c1-12(2)7(13)5-10-8(9)11-6-3-4-6/h6H,3-5H2,1-2H3,(H3,9,10,11). The minimum Gasteiger partial charge on any atom is -0.370 e. The van der Waals surface area contributed by atoms with Crippen molar-refractivity contribution in [3.05, 3.63) is 0 Å². The number of aliphatic imine (C=N–C) groups is 1. The molecule has 0 atom stereocenters. The lowest BCUT2D eigenvalue weighted by Crippen LogP contribution is -2.35. The summed E-state index contributed by atoms with van der Waals surface area (Å²) in [7, 11) is 3.39. The number of guanidine groups is 1. The number of carbonyl (C=O) groups is 1. The first-order valence-corrected chi connectivity index (χ1v) is 4.36. The lowest BCUT2D eigenvalue weighted by molar-refractivity contribution is -0.127. The van der Waals surface area contributed by atoms with Crippen molar-refractivity contribution in [3.63, 3.8) is 0 Å². The van der Waals surface area contributed by atoms with Gasteiger partial charge in [-0.3, -0.25) is 4.79 Å². The van der Waals surface area contributed by atoms with Gasteiger partial charge in [-0.15, -0.1) is 0 Å². The fourth-order valence-electron chi connectivity index (χ4n) is 0.777. The molecule has 0 aliphatic heterocycles. The lowest BCUT2D eigenvalue weighted by atomic mass is 10.5. The largest absolute Gasteiger partial charge is 0.370 e. The van der Waals surface area contributed by atoms with Crippen LogP contribution in [0.15, 0.2) is 4.99 Å². The zero-order chi connectivity index (χ0) is 9.84. The average molecular weight is 184 g/mol. The summed E-state index contributed by atoms with van der Waals surface area (Å²) in [6.07, 6.45) is 2.30. The van der Waals surface area contributed by atoms with Gasteiger partial charge in [-0.1, -0.05) is 0 Å². The summed E-state index contributed by atoms with van der Waals surface area (Å²) in [5.74, 6) is 0.332. The molecule has 0 radical (unpaired) electrons. The molecule has 0 spiro atoms. The van der Waals surface area contributed by atoms with Gasteiger partial charge in [0.05, 0.1) is 0 Å². The van der Waals surface area contributed by atoms with Gasteiger partial charge in [0, 0.05) is 20.1 Å². The Labute approximate surface area is 78.0 Å². The number of hydrogen-bond donors (Lipinski definition) is 2. The van der Waals surface area contributed by atoms with Gasteiger partial charge >= 0.3 is 0 Å². The molecular weight excluding hydrogens is 168 g/mol. The molecule has 5 heteroatoms. The molecule has 5 nitrogen and oxygen atoms in total. The highest BCUT2D eigenvalue weighted by atomic mass is 16.2. The zero-order valence-corrected chi connectivity index (χ0v) is 8.08. The number of likely N-dealkylation sites (N-methyl/N-ethyl adjacent to an activating group) is 1. The van der Waals surface area contributed by atoms with E-state index in [2.05, 4.69) is 10.3 Å². The Hall–Kier alpha value is -1.26. The first-order chi connectivity index (χ1) is 6.09. The number of nitrogens with one attached hydrogen (secondary N) is 1. The van der Waals surface area contributed by atoms with Crippen LogP contribution in [-0.2, 0) is 4.79 Å². The molecule has 0 saturated heterocycles. The van der Waals surface area contributed by atoms with Gasteiger partial charge in [0.15, 0.2) is 5.96 Å². The van der Waals surface area contributed by atoms with Crippen LogP contribution in [0, 0.1) is 0 Å². The molecule has 0 heterocycles. The van der Waals surface area contributed by atoms with E-state index in [1.54, 1.807) is 14.1 Å². The SMILES string of the molecule is CN(C)C(=O)CN=C(N)NC1CC1. The molecule has 3 N–H and O–H groups in total. The van der Waals surface area contributed by atoms with E-state index in [4.69, 9.17) is 5.73 Å². The molecule has 1 saturated carbocycles. The monoisotopic (exact) mass is 184 g/mol. The zero-order valence-electron chi connectivity index (χ0n) is 8.08. The molecule has 1 amide bonds. The number of nitrogens with two attached hydrogens (primary N) is 1. The fraction of sp³-hybridized carbons (Fsp3) is 0.750. The lowest BCUT2D eigenvalue weighted by Gasteiger charge is -2.08. The van der Waals surface area contributed by atoms with Crippen LogP contribution in [0.5, 0.6) is 0 Å². The summed E-state index contributed by atoms with van der Waals surface area (Å²) in [5, 5.41) is 3.01. The highest BCUT2D eigenvalue weighted by Crippen LogP contribution is 2.17. The first-order valence-electron chi connectivity index (χ1n) is 4.36. The van der Waals surface area contributed by atoms with E-state index >= 15 is 0 Å². The van der Waals surface area contributed by atoms with Crippen molar-refractivity contribution in [1.82, 2.24) is 10.2 Å². The van der Waals surface area contributed by atoms with Crippen LogP contribution in [0.2, 0.25) is 0 Å². The van der Waals surface area contributed by atoms with Crippen molar-refractivity contribution in [1.29, 1.82) is 0 Å². The first kappa shape index (κ1) is 9.83. The van der Waals surface area contributed by atoms with Gasteiger partial charge in [0.25, 0.3) is 0 Å². The Morgan fingerprint density at radius 2 is 2.23 bits per heavy atom. The van der Waals surface area contributed by atoms with Crippen molar-refractivity contribution < 1.29 is 4.79 Å². The van der Waals surface area contributed by atoms with Gasteiger partial charge in [-0.2, -0.15) is 0 Å². The van der Waals surface area contributed by atoms with E-state index in [1.165, 1.54) is 4.90 Å². The Bertz CT molecular complexity index is 220. The number of nitrogens with zero attached hydrogens (tertiary/aromatic N) is 2. The predicted octanol–water partition coefficient (Wildman–Crippen LogP) is -0.859. The van der Waals surface area contributed by atoms with Crippen LogP contribution >= 0.6 is 0 Å². The summed E-state index contributed by atoms with van der Waals surface area (Å²) >= 11 is 0. The summed E-state index contributed by atoms with van der Waals surface area (Å²) < 4.78 is 0. The van der Waals surface area contributed by atoms with E-state index in [9.17, 15) is 4.79 Å². The number of carbonyl (C=O) groups excluding carboxylic acids is 1. The van der Waals surface area contributed by atoms with Crippen molar-refractivity contribution in [2.75, 3.05) is 20.6 Å². The second-order valence-electron chi connectivity index (χ2n) is 3.41. The molecule has 13 heavy (non-hydrogen) atoms. The van der Waals surface area contributed by atoms with Crippen molar-refractivity contribution >= 4 is 11.9 Å². The number of hydrogen-bond acceptors (Lipinski definition) is 2. The summed E-state index contributed by atoms with van der Waals surface area (Å²) in [5.41, 5.74) is 5.53. The van der Waals surface area contributed by atoms with E-state index < -0.39 is 0 Å². The molecule has 1 rings (SSSR count). The minimum atomic E-state index is -0.0412. The molecule has 0 aromatic heterocycles. The van der Waals surface area contributed by atoms with Gasteiger partial charge < -0.3 is 16.0 Å². The number of rotatable bonds is 3. The van der Waals surface area contributed by atoms with Crippen LogP contribution in [0.25, 0.3) is 0 Å². The molecular formula is C8H16N4O. The van der Waals surface area contributed by atoms with Crippen LogP contribution in [0.1, 0.15) is 12.8 Å². The second-order valence-corrected chi connectivity index (χ2v) is 3.41. The highest BCUT2D eigenvalue weighted by Gasteiger charge is 2.21. The van der Waals surface area contributed by atoms with Gasteiger partial charge in [0.2, 0.25) is 5.91 Å². The van der Waals surface area contributed by atoms with Crippen molar-refractivity contribution in [2.24, 2.45) is 10.7 Å². The molecule has 0 aromatic carbocycles. The Morgan fingerprint density at radius 3 is 2.69 bits per heavy atom. The molecule has 1 aliphatic rings. The Balaban J connectivity index is 2.24. The maximum Gasteiger partial charge on any atom is 0.243 e. The number of amides is 1. The van der Waals surface area contributed by atoms with Crippen LogP contribution < -0.4 is 11.1 Å². The van der Waals surface area contributed by atoms with Crippen molar-refractivity contribution in [3.8, 4) is 0 Å². The van der Waals surface area contributed by atoms with Crippen LogP contribution in [0.4, 0.5) is 0 Å². The summed E-state index contributed by atoms with van der Waals surface area (Å²) in [6.45, 7) is 0.124. The van der Waals surface area contributed by atoms with E-state index in [1.807, 2.05) is 0 Å². The average Bonchev–Trinajstić information content (AvgIpc) is 2.83. The topological polar surface area (TPSA) is 70.7 Å². The predicted molar refractivity (Wildman–Crippen MR) is 51.3 cm³/mol. The Morgan fingerprint density at radius 1 is 1.62 bits per heavy atom. The maximum absolute atomic E-state index is 11.1. The van der Waals surface area contributed by atoms with Crippen molar-refractivity contribution in [2.45, 2.75) is 18.9 Å². The molecule has 0 aromatic rings. The smallest absolute Gasteiger partial charge is 0.243 e.